The van der Waals surface area contributed by atoms with E-state index in [9.17, 15) is 4.79 Å². The first-order chi connectivity index (χ1) is 14.6. The molecule has 0 bridgehead atoms. The number of carbonyl (C=O) groups excluding carboxylic acids is 1. The molecule has 0 aliphatic rings. The van der Waals surface area contributed by atoms with E-state index < -0.39 is 5.54 Å². The van der Waals surface area contributed by atoms with E-state index in [2.05, 4.69) is 37.8 Å². The molecule has 172 valence electrons. The van der Waals surface area contributed by atoms with Crippen LogP contribution in [0.3, 0.4) is 0 Å². The van der Waals surface area contributed by atoms with Crippen LogP contribution in [0.15, 0.2) is 30.3 Å². The Kier molecular flexibility index (Phi) is 13.0. The number of hydrogen-bond acceptors (Lipinski definition) is 5. The van der Waals surface area contributed by atoms with Gasteiger partial charge in [0.15, 0.2) is 0 Å². The lowest BCUT2D eigenvalue weighted by molar-refractivity contribution is -0.691. The summed E-state index contributed by atoms with van der Waals surface area (Å²) in [5.41, 5.74) is -1.18. The minimum atomic E-state index is -2.43. The van der Waals surface area contributed by atoms with Gasteiger partial charge in [-0.2, -0.15) is 0 Å². The Bertz CT molecular complexity index is 837. The highest BCUT2D eigenvalue weighted by molar-refractivity contribution is 8.68. The molecule has 0 fully saturated rings. The molecule has 0 heterocycles. The molecular weight excluding hydrogens is 480 g/mol. The maximum Gasteiger partial charge on any atom is 0.318 e. The highest BCUT2D eigenvalue weighted by atomic mass is 32.9. The highest BCUT2D eigenvalue weighted by Crippen LogP contribution is 2.70. The van der Waals surface area contributed by atoms with Gasteiger partial charge in [-0.3, -0.25) is 4.67 Å². The standard InChI is InChI=1S/C23H36N2OPS4/c1-7-9-10-14-17-23(26)25(6,19-30-18-22-15-12-11-13-16-22)27(29,24(5)21(4)28)31-20(3)8-2/h11-13,15-16,20H,7-8,14,17-19H2,1-6H3/q+1. The van der Waals surface area contributed by atoms with Crippen LogP contribution in [-0.4, -0.2) is 45.0 Å². The monoisotopic (exact) mass is 515 g/mol. The van der Waals surface area contributed by atoms with Crippen LogP contribution in [0.25, 0.3) is 0 Å². The van der Waals surface area contributed by atoms with E-state index in [4.69, 9.17) is 24.0 Å². The molecule has 0 aromatic heterocycles. The summed E-state index contributed by atoms with van der Waals surface area (Å²) in [6.45, 7) is 8.29. The predicted octanol–water partition coefficient (Wildman–Crippen LogP) is 7.08. The number of carbonyl (C=O) groups is 1. The normalized spacial score (nSPS) is 15.7. The third kappa shape index (κ3) is 8.18. The SMILES string of the molecule is CCC#CCCC(=O)[N+](C)(CSCc1ccccc1)P(=S)(SC(C)CC)N(C)C(C)=S. The summed E-state index contributed by atoms with van der Waals surface area (Å²) in [6.07, 6.45) is 2.80. The molecule has 3 nitrogen and oxygen atoms in total. The van der Waals surface area contributed by atoms with Gasteiger partial charge >= 0.3 is 5.91 Å². The predicted molar refractivity (Wildman–Crippen MR) is 149 cm³/mol. The van der Waals surface area contributed by atoms with Crippen LogP contribution in [0.1, 0.15) is 58.9 Å². The fourth-order valence-corrected chi connectivity index (χ4v) is 13.9. The summed E-state index contributed by atoms with van der Waals surface area (Å²) < 4.78 is 2.26. The van der Waals surface area contributed by atoms with Gasteiger partial charge in [0, 0.05) is 42.7 Å². The van der Waals surface area contributed by atoms with Crippen molar-refractivity contribution in [1.82, 2.24) is 4.67 Å². The number of rotatable bonds is 11. The molecule has 3 unspecified atom stereocenters. The molecule has 1 aromatic rings. The molecule has 1 amide bonds. The van der Waals surface area contributed by atoms with Crippen molar-refractivity contribution in [3.05, 3.63) is 35.9 Å². The van der Waals surface area contributed by atoms with E-state index in [0.29, 0.717) is 24.0 Å². The van der Waals surface area contributed by atoms with Crippen molar-refractivity contribution in [3.8, 4) is 11.8 Å². The summed E-state index contributed by atoms with van der Waals surface area (Å²) in [5.74, 6) is 7.83. The van der Waals surface area contributed by atoms with Gasteiger partial charge in [0.05, 0.1) is 18.5 Å². The molecule has 0 spiro atoms. The second-order valence-electron chi connectivity index (χ2n) is 7.56. The van der Waals surface area contributed by atoms with E-state index in [1.54, 1.807) is 23.1 Å². The van der Waals surface area contributed by atoms with Crippen molar-refractivity contribution in [3.63, 3.8) is 0 Å². The van der Waals surface area contributed by atoms with Gasteiger partial charge in [0.1, 0.15) is 5.88 Å². The topological polar surface area (TPSA) is 20.3 Å². The van der Waals surface area contributed by atoms with Gasteiger partial charge in [0.25, 0.3) is 5.54 Å². The molecule has 31 heavy (non-hydrogen) atoms. The highest BCUT2D eigenvalue weighted by Gasteiger charge is 2.50. The van der Waals surface area contributed by atoms with Crippen LogP contribution in [-0.2, 0) is 22.4 Å². The first kappa shape index (κ1) is 28.7. The Hall–Kier alpha value is -0.350. The Morgan fingerprint density at radius 3 is 2.45 bits per heavy atom. The summed E-state index contributed by atoms with van der Waals surface area (Å²) in [5, 5.41) is 0.354. The minimum absolute atomic E-state index is 0.160. The molecular formula is C23H36N2OPS4+. The van der Waals surface area contributed by atoms with Crippen molar-refractivity contribution in [2.45, 2.75) is 64.4 Å². The molecule has 0 N–H and O–H groups in total. The van der Waals surface area contributed by atoms with Crippen molar-refractivity contribution < 1.29 is 9.05 Å². The number of benzene rings is 1. The van der Waals surface area contributed by atoms with Crippen LogP contribution >= 0.6 is 40.9 Å². The number of nitrogens with zero attached hydrogens (tertiary/aromatic N) is 2. The smallest absolute Gasteiger partial charge is 0.290 e. The van der Waals surface area contributed by atoms with E-state index in [1.807, 2.05) is 50.8 Å². The number of thioether (sulfide) groups is 1. The Morgan fingerprint density at radius 1 is 1.26 bits per heavy atom. The van der Waals surface area contributed by atoms with Crippen LogP contribution < -0.4 is 0 Å². The maximum absolute atomic E-state index is 13.7. The Morgan fingerprint density at radius 2 is 1.90 bits per heavy atom. The molecule has 3 atom stereocenters. The fourth-order valence-electron chi connectivity index (χ4n) is 2.78. The van der Waals surface area contributed by atoms with Crippen LogP contribution in [0.2, 0.25) is 0 Å². The van der Waals surface area contributed by atoms with Crippen LogP contribution in [0, 0.1) is 11.8 Å². The molecule has 0 aliphatic carbocycles. The minimum Gasteiger partial charge on any atom is -0.290 e. The lowest BCUT2D eigenvalue weighted by atomic mass is 10.2. The zero-order valence-electron chi connectivity index (χ0n) is 19.6. The van der Waals surface area contributed by atoms with E-state index in [-0.39, 0.29) is 10.2 Å². The average Bonchev–Trinajstić information content (AvgIpc) is 2.76. The Labute approximate surface area is 208 Å². The second kappa shape index (κ2) is 14.0. The summed E-state index contributed by atoms with van der Waals surface area (Å²) in [7, 11) is 4.00. The molecule has 8 heteroatoms. The quantitative estimate of drug-likeness (QED) is 0.135. The van der Waals surface area contributed by atoms with Crippen molar-refractivity contribution >= 4 is 63.6 Å². The Balaban J connectivity index is 3.28. The largest absolute Gasteiger partial charge is 0.318 e. The lowest BCUT2D eigenvalue weighted by Gasteiger charge is -2.45. The van der Waals surface area contributed by atoms with Crippen molar-refractivity contribution in [1.29, 1.82) is 0 Å². The van der Waals surface area contributed by atoms with E-state index >= 15 is 0 Å². The van der Waals surface area contributed by atoms with E-state index in [1.165, 1.54) is 5.56 Å². The average molecular weight is 516 g/mol. The molecule has 0 saturated heterocycles. The molecule has 0 aliphatic heterocycles. The second-order valence-corrected chi connectivity index (χ2v) is 17.0. The fraction of sp³-hybridized carbons (Fsp3) is 0.565. The van der Waals surface area contributed by atoms with Crippen LogP contribution in [0.4, 0.5) is 0 Å². The number of amides is 1. The summed E-state index contributed by atoms with van der Waals surface area (Å²) in [6, 6.07) is 10.4. The van der Waals surface area contributed by atoms with Crippen molar-refractivity contribution in [2.75, 3.05) is 20.0 Å². The number of thiocarbonyl (C=S) groups is 1. The van der Waals surface area contributed by atoms with Crippen LogP contribution in [0.5, 0.6) is 0 Å². The molecule has 0 radical (unpaired) electrons. The summed E-state index contributed by atoms with van der Waals surface area (Å²) in [4.78, 5) is 14.4. The van der Waals surface area contributed by atoms with Gasteiger partial charge in [-0.1, -0.05) is 75.1 Å². The number of hydrogen-bond donors (Lipinski definition) is 0. The maximum atomic E-state index is 13.7. The van der Waals surface area contributed by atoms with Gasteiger partial charge < -0.3 is 0 Å². The summed E-state index contributed by atoms with van der Waals surface area (Å²) >= 11 is 15.5. The zero-order valence-corrected chi connectivity index (χ0v) is 23.8. The third-order valence-electron chi connectivity index (χ3n) is 5.04. The van der Waals surface area contributed by atoms with Gasteiger partial charge in [-0.25, -0.2) is 9.05 Å². The molecule has 1 rings (SSSR count). The molecule has 0 saturated carbocycles. The first-order valence-electron chi connectivity index (χ1n) is 10.6. The zero-order chi connectivity index (χ0) is 23.5. The van der Waals surface area contributed by atoms with Gasteiger partial charge in [-0.15, -0.1) is 11.8 Å². The lowest BCUT2D eigenvalue weighted by Crippen LogP contribution is -2.49. The molecule has 1 aromatic carbocycles. The number of quaternary nitrogens is 1. The van der Waals surface area contributed by atoms with Gasteiger partial charge in [0.2, 0.25) is 0 Å². The van der Waals surface area contributed by atoms with Crippen molar-refractivity contribution in [2.24, 2.45) is 0 Å². The first-order valence-corrected chi connectivity index (χ1v) is 16.4. The third-order valence-corrected chi connectivity index (χ3v) is 16.7. The van der Waals surface area contributed by atoms with Gasteiger partial charge in [-0.05, 0) is 30.3 Å². The van der Waals surface area contributed by atoms with E-state index in [0.717, 1.165) is 23.6 Å².